The quantitative estimate of drug-likeness (QED) is 0.539. The molecule has 32 heavy (non-hydrogen) atoms. The summed E-state index contributed by atoms with van der Waals surface area (Å²) in [5.41, 5.74) is 6.28. The Balaban J connectivity index is 1.45. The van der Waals surface area contributed by atoms with Crippen LogP contribution in [0.25, 0.3) is 5.52 Å². The topological polar surface area (TPSA) is 110 Å². The largest absolute Gasteiger partial charge is 0.364 e. The predicted molar refractivity (Wildman–Crippen MR) is 115 cm³/mol. The third kappa shape index (κ3) is 4.57. The molecular formula is C22H21ClFN5O3. The number of aromatic nitrogens is 2. The van der Waals surface area contributed by atoms with Crippen molar-refractivity contribution in [2.24, 2.45) is 5.73 Å². The van der Waals surface area contributed by atoms with Gasteiger partial charge in [-0.25, -0.2) is 9.37 Å². The van der Waals surface area contributed by atoms with Crippen molar-refractivity contribution < 1.29 is 18.8 Å². The molecule has 0 unspecified atom stereocenters. The Labute approximate surface area is 188 Å². The van der Waals surface area contributed by atoms with Gasteiger partial charge >= 0.3 is 0 Å². The van der Waals surface area contributed by atoms with Crippen molar-refractivity contribution in [1.29, 1.82) is 0 Å². The summed E-state index contributed by atoms with van der Waals surface area (Å²) in [5.74, 6) is -1.59. The number of fused-ring (bicyclic) bond motifs is 1. The number of carbonyl (C=O) groups excluding carboxylic acids is 3. The van der Waals surface area contributed by atoms with E-state index in [9.17, 15) is 18.8 Å². The third-order valence-electron chi connectivity index (χ3n) is 5.29. The van der Waals surface area contributed by atoms with Gasteiger partial charge in [0, 0.05) is 24.3 Å². The van der Waals surface area contributed by atoms with Gasteiger partial charge in [-0.2, -0.15) is 0 Å². The third-order valence-corrected chi connectivity index (χ3v) is 5.59. The molecule has 1 aliphatic rings. The first-order valence-corrected chi connectivity index (χ1v) is 10.5. The number of halogens is 2. The van der Waals surface area contributed by atoms with E-state index in [4.69, 9.17) is 17.3 Å². The van der Waals surface area contributed by atoms with Crippen LogP contribution in [0.2, 0.25) is 5.02 Å². The van der Waals surface area contributed by atoms with Crippen LogP contribution >= 0.6 is 11.6 Å². The second-order valence-electron chi connectivity index (χ2n) is 7.62. The summed E-state index contributed by atoms with van der Waals surface area (Å²) in [6.07, 6.45) is 3.21. The number of amides is 3. The number of imidazole rings is 1. The first kappa shape index (κ1) is 21.8. The highest BCUT2D eigenvalue weighted by Gasteiger charge is 2.34. The van der Waals surface area contributed by atoms with Crippen molar-refractivity contribution in [3.05, 3.63) is 70.5 Å². The number of primary amides is 1. The lowest BCUT2D eigenvalue weighted by molar-refractivity contribution is -0.136. The second-order valence-corrected chi connectivity index (χ2v) is 8.02. The molecule has 3 N–H and O–H groups in total. The van der Waals surface area contributed by atoms with Crippen LogP contribution in [0.4, 0.5) is 4.39 Å². The van der Waals surface area contributed by atoms with Crippen molar-refractivity contribution in [2.75, 3.05) is 6.54 Å². The van der Waals surface area contributed by atoms with E-state index in [0.29, 0.717) is 11.3 Å². The molecule has 3 aromatic rings. The molecule has 3 amide bonds. The lowest BCUT2D eigenvalue weighted by Gasteiger charge is -2.22. The van der Waals surface area contributed by atoms with E-state index in [2.05, 4.69) is 10.3 Å². The number of hydrogen-bond donors (Lipinski definition) is 2. The first-order valence-electron chi connectivity index (χ1n) is 10.1. The van der Waals surface area contributed by atoms with E-state index >= 15 is 0 Å². The molecule has 0 spiro atoms. The van der Waals surface area contributed by atoms with Crippen LogP contribution in [0.1, 0.15) is 34.7 Å². The number of pyridine rings is 1. The minimum absolute atomic E-state index is 0.0196. The Morgan fingerprint density at radius 1 is 1.22 bits per heavy atom. The Kier molecular flexibility index (Phi) is 6.09. The zero-order valence-electron chi connectivity index (χ0n) is 17.1. The van der Waals surface area contributed by atoms with Gasteiger partial charge in [0.25, 0.3) is 5.91 Å². The summed E-state index contributed by atoms with van der Waals surface area (Å²) in [4.78, 5) is 43.0. The summed E-state index contributed by atoms with van der Waals surface area (Å²) in [7, 11) is 0. The minimum Gasteiger partial charge on any atom is -0.364 e. The number of hydrogen-bond acceptors (Lipinski definition) is 4. The Bertz CT molecular complexity index is 1210. The van der Waals surface area contributed by atoms with Gasteiger partial charge in [-0.15, -0.1) is 0 Å². The molecule has 0 saturated heterocycles. The Morgan fingerprint density at radius 2 is 2.00 bits per heavy atom. The fourth-order valence-electron chi connectivity index (χ4n) is 3.54. The highest BCUT2D eigenvalue weighted by Crippen LogP contribution is 2.27. The van der Waals surface area contributed by atoms with Crippen LogP contribution in [0.3, 0.4) is 0 Å². The molecule has 2 aromatic heterocycles. The maximum atomic E-state index is 14.0. The highest BCUT2D eigenvalue weighted by atomic mass is 35.5. The van der Waals surface area contributed by atoms with E-state index in [1.807, 2.05) is 0 Å². The van der Waals surface area contributed by atoms with Crippen LogP contribution in [0.15, 0.2) is 42.6 Å². The van der Waals surface area contributed by atoms with Crippen molar-refractivity contribution >= 4 is 34.8 Å². The zero-order chi connectivity index (χ0) is 22.8. The Morgan fingerprint density at radius 3 is 2.72 bits per heavy atom. The number of rotatable bonds is 8. The number of nitrogens with zero attached hydrogens (tertiary/aromatic N) is 3. The Hall–Kier alpha value is -3.46. The van der Waals surface area contributed by atoms with Crippen LogP contribution < -0.4 is 11.1 Å². The normalized spacial score (nSPS) is 13.2. The highest BCUT2D eigenvalue weighted by molar-refractivity contribution is 6.30. The molecule has 8 nitrogen and oxygen atoms in total. The number of nitrogens with two attached hydrogens (primary N) is 1. The molecule has 166 valence electrons. The number of benzene rings is 1. The van der Waals surface area contributed by atoms with E-state index in [-0.39, 0.29) is 47.7 Å². The van der Waals surface area contributed by atoms with E-state index < -0.39 is 17.6 Å². The van der Waals surface area contributed by atoms with Gasteiger partial charge in [-0.1, -0.05) is 29.8 Å². The van der Waals surface area contributed by atoms with Crippen LogP contribution in [-0.4, -0.2) is 44.6 Å². The second kappa shape index (κ2) is 8.96. The maximum absolute atomic E-state index is 14.0. The van der Waals surface area contributed by atoms with Gasteiger partial charge < -0.3 is 20.4 Å². The van der Waals surface area contributed by atoms with Gasteiger partial charge in [0.05, 0.1) is 23.5 Å². The predicted octanol–water partition coefficient (Wildman–Crippen LogP) is 2.08. The van der Waals surface area contributed by atoms with Crippen molar-refractivity contribution in [2.45, 2.75) is 31.8 Å². The number of nitrogens with one attached hydrogen (secondary N) is 1. The molecule has 1 aliphatic carbocycles. The smallest absolute Gasteiger partial charge is 0.269 e. The molecule has 2 heterocycles. The fourth-order valence-corrected chi connectivity index (χ4v) is 3.73. The molecule has 0 aliphatic heterocycles. The molecule has 1 aromatic carbocycles. The summed E-state index contributed by atoms with van der Waals surface area (Å²) < 4.78 is 15.7. The monoisotopic (exact) mass is 457 g/mol. The van der Waals surface area contributed by atoms with Crippen LogP contribution in [-0.2, 0) is 22.6 Å². The molecule has 10 heteroatoms. The average Bonchev–Trinajstić information content (AvgIpc) is 3.54. The summed E-state index contributed by atoms with van der Waals surface area (Å²) in [5, 5.41) is 2.61. The standard InChI is InChI=1S/C22H21ClFN5O3/c23-15-5-3-4-13(20(15)24)11-26-18(30)12-29(14-7-8-14)19(31)10-17-27-21(22(25)32)16-6-1-2-9-28(16)17/h1-6,9,14H,7-8,10-12H2,(H2,25,32)(H,26,30). The lowest BCUT2D eigenvalue weighted by atomic mass is 10.2. The summed E-state index contributed by atoms with van der Waals surface area (Å²) in [6.45, 7) is -0.192. The van der Waals surface area contributed by atoms with E-state index in [0.717, 1.165) is 12.8 Å². The van der Waals surface area contributed by atoms with E-state index in [1.54, 1.807) is 34.9 Å². The van der Waals surface area contributed by atoms with Gasteiger partial charge in [0.1, 0.15) is 11.6 Å². The SMILES string of the molecule is NC(=O)c1nc(CC(=O)N(CC(=O)NCc2cccc(Cl)c2F)C2CC2)n2ccccc12. The van der Waals surface area contributed by atoms with Crippen molar-refractivity contribution in [3.8, 4) is 0 Å². The van der Waals surface area contributed by atoms with Crippen molar-refractivity contribution in [3.63, 3.8) is 0 Å². The maximum Gasteiger partial charge on any atom is 0.269 e. The fraction of sp³-hybridized carbons (Fsp3) is 0.273. The molecule has 0 radical (unpaired) electrons. The molecule has 1 saturated carbocycles. The lowest BCUT2D eigenvalue weighted by Crippen LogP contribution is -2.42. The van der Waals surface area contributed by atoms with E-state index in [1.165, 1.54) is 17.0 Å². The number of carbonyl (C=O) groups is 3. The molecule has 4 rings (SSSR count). The molecule has 0 bridgehead atoms. The zero-order valence-corrected chi connectivity index (χ0v) is 17.8. The molecule has 0 atom stereocenters. The molecule has 1 fully saturated rings. The summed E-state index contributed by atoms with van der Waals surface area (Å²) in [6, 6.07) is 9.74. The summed E-state index contributed by atoms with van der Waals surface area (Å²) >= 11 is 5.77. The van der Waals surface area contributed by atoms with Gasteiger partial charge in [0.2, 0.25) is 11.8 Å². The average molecular weight is 458 g/mol. The molecular weight excluding hydrogens is 437 g/mol. The minimum atomic E-state index is -0.681. The van der Waals surface area contributed by atoms with Crippen LogP contribution in [0.5, 0.6) is 0 Å². The van der Waals surface area contributed by atoms with Gasteiger partial charge in [0.15, 0.2) is 5.69 Å². The van der Waals surface area contributed by atoms with Gasteiger partial charge in [-0.05, 0) is 31.0 Å². The van der Waals surface area contributed by atoms with Gasteiger partial charge in [-0.3, -0.25) is 14.4 Å². The van der Waals surface area contributed by atoms with Crippen LogP contribution in [0, 0.1) is 5.82 Å². The van der Waals surface area contributed by atoms with Crippen molar-refractivity contribution in [1.82, 2.24) is 19.6 Å². The first-order chi connectivity index (χ1) is 15.3.